The van der Waals surface area contributed by atoms with E-state index in [4.69, 9.17) is 19.2 Å². The quantitative estimate of drug-likeness (QED) is 0.384. The van der Waals surface area contributed by atoms with Crippen molar-refractivity contribution in [3.05, 3.63) is 0 Å². The minimum absolute atomic E-state index is 0. The molecule has 0 aromatic carbocycles. The van der Waals surface area contributed by atoms with Crippen molar-refractivity contribution < 1.29 is 19.2 Å². The van der Waals surface area contributed by atoms with Gasteiger partial charge in [-0.05, 0) is 0 Å². The first-order valence-corrected chi connectivity index (χ1v) is 2.35. The summed E-state index contributed by atoms with van der Waals surface area (Å²) in [6.45, 7) is 0. The first-order chi connectivity index (χ1) is 2.00. The Morgan fingerprint density at radius 2 is 1.17 bits per heavy atom. The normalized spacial score (nSPS) is 9.83. The second kappa shape index (κ2) is 3.09. The Hall–Kier alpha value is 1.03. The minimum Gasteiger partial charge on any atom is -0.303 e. The van der Waals surface area contributed by atoms with Crippen molar-refractivity contribution in [2.24, 2.45) is 0 Å². The van der Waals surface area contributed by atoms with E-state index >= 15 is 0 Å². The molecule has 0 bridgehead atoms. The van der Waals surface area contributed by atoms with Gasteiger partial charge in [-0.2, -0.15) is 0 Å². The number of hydrogen-bond acceptors (Lipinski definition) is 1. The van der Waals surface area contributed by atoms with Crippen molar-refractivity contribution in [2.75, 3.05) is 0 Å². The Balaban J connectivity index is 0. The van der Waals surface area contributed by atoms with Gasteiger partial charge < -0.3 is 14.7 Å². The van der Waals surface area contributed by atoms with E-state index in [9.17, 15) is 0 Å². The molecule has 36 valence electrons. The third-order valence-electron chi connectivity index (χ3n) is 0. The fourth-order valence-corrected chi connectivity index (χ4v) is 0. The van der Waals surface area contributed by atoms with Crippen molar-refractivity contribution in [3.8, 4) is 0 Å². The maximum Gasteiger partial charge on any atom is 0.466 e. The van der Waals surface area contributed by atoms with E-state index in [1.807, 2.05) is 0 Å². The second-order valence-electron chi connectivity index (χ2n) is 0.513. The molecule has 6 heteroatoms. The maximum absolute atomic E-state index is 8.88. The van der Waals surface area contributed by atoms with Gasteiger partial charge in [-0.25, -0.2) is 4.57 Å². The molecule has 0 aromatic rings. The first-order valence-electron chi connectivity index (χ1n) is 0.783. The number of hydrogen-bond donors (Lipinski definition) is 3. The van der Waals surface area contributed by atoms with E-state index in [0.717, 1.165) is 0 Å². The van der Waals surface area contributed by atoms with Gasteiger partial charge >= 0.3 is 7.82 Å². The van der Waals surface area contributed by atoms with Crippen LogP contribution in [0.2, 0.25) is 0 Å². The fourth-order valence-electron chi connectivity index (χ4n) is 0. The summed E-state index contributed by atoms with van der Waals surface area (Å²) < 4.78 is 8.88. The summed E-state index contributed by atoms with van der Waals surface area (Å²) in [7, 11) is -4.64. The van der Waals surface area contributed by atoms with Crippen LogP contribution in [-0.4, -0.2) is 42.0 Å². The van der Waals surface area contributed by atoms with Crippen molar-refractivity contribution in [2.45, 2.75) is 0 Å². The van der Waals surface area contributed by atoms with Gasteiger partial charge in [0.05, 0.1) is 0 Å². The molecule has 0 aliphatic carbocycles. The number of phosphoric acid groups is 1. The van der Waals surface area contributed by atoms with Gasteiger partial charge in [-0.15, -0.1) is 0 Å². The molecular weight excluding hydrogens is 302 g/mol. The summed E-state index contributed by atoms with van der Waals surface area (Å²) in [5.41, 5.74) is 0. The van der Waals surface area contributed by atoms with Crippen LogP contribution in [0.5, 0.6) is 0 Å². The molecule has 0 aliphatic heterocycles. The van der Waals surface area contributed by atoms with Crippen LogP contribution in [0.25, 0.3) is 0 Å². The van der Waals surface area contributed by atoms with Crippen LogP contribution in [0.3, 0.4) is 0 Å². The summed E-state index contributed by atoms with van der Waals surface area (Å²) in [5, 5.41) is 0. The zero-order chi connectivity index (χ0) is 4.50. The Morgan fingerprint density at radius 1 is 1.17 bits per heavy atom. The third kappa shape index (κ3) is 76.8. The third-order valence-corrected chi connectivity index (χ3v) is 0. The maximum atomic E-state index is 8.88. The fraction of sp³-hybridized carbons (Fsp3) is 0. The first kappa shape index (κ1) is 10.1. The molecule has 0 aromatic heterocycles. The van der Waals surface area contributed by atoms with E-state index in [2.05, 4.69) is 0 Å². The smallest absolute Gasteiger partial charge is 0.303 e. The van der Waals surface area contributed by atoms with Crippen molar-refractivity contribution in [1.82, 2.24) is 0 Å². The van der Waals surface area contributed by atoms with Crippen LogP contribution in [0.4, 0.5) is 0 Å². The summed E-state index contributed by atoms with van der Waals surface area (Å²) in [5.74, 6) is 0. The Labute approximate surface area is 54.6 Å². The van der Waals surface area contributed by atoms with E-state index in [0.29, 0.717) is 0 Å². The largest absolute Gasteiger partial charge is 0.466 e. The minimum atomic E-state index is -4.64. The molecule has 0 aliphatic rings. The Bertz CT molecular complexity index is 53.7. The van der Waals surface area contributed by atoms with E-state index in [1.165, 1.54) is 0 Å². The molecule has 0 atom stereocenters. The van der Waals surface area contributed by atoms with Gasteiger partial charge in [0.15, 0.2) is 0 Å². The average Bonchev–Trinajstić information content (AvgIpc) is 0.722. The van der Waals surface area contributed by atoms with Crippen LogP contribution in [0.1, 0.15) is 0 Å². The number of rotatable bonds is 0. The molecule has 0 spiro atoms. The Morgan fingerprint density at radius 3 is 1.17 bits per heavy atom. The van der Waals surface area contributed by atoms with Crippen molar-refractivity contribution in [3.63, 3.8) is 0 Å². The van der Waals surface area contributed by atoms with Crippen LogP contribution in [0.15, 0.2) is 0 Å². The molecule has 4 radical (unpaired) electrons. The van der Waals surface area contributed by atoms with Gasteiger partial charge in [0.2, 0.25) is 0 Å². The van der Waals surface area contributed by atoms with Crippen LogP contribution in [-0.2, 0) is 4.57 Å². The van der Waals surface area contributed by atoms with Crippen molar-refractivity contribution in [1.29, 1.82) is 0 Å². The molecule has 0 heterocycles. The van der Waals surface area contributed by atoms with E-state index in [1.54, 1.807) is 0 Å². The summed E-state index contributed by atoms with van der Waals surface area (Å²) in [6.07, 6.45) is 0. The van der Waals surface area contributed by atoms with Gasteiger partial charge in [0.1, 0.15) is 0 Å². The molecule has 0 amide bonds. The SMILES string of the molecule is O=P(O)(O)O.[Pb]. The molecule has 3 N–H and O–H groups in total. The predicted molar refractivity (Wildman–Crippen MR) is 20.0 cm³/mol. The van der Waals surface area contributed by atoms with Gasteiger partial charge in [0.25, 0.3) is 0 Å². The molecule has 0 rings (SSSR count). The summed E-state index contributed by atoms with van der Waals surface area (Å²) >= 11 is 0. The van der Waals surface area contributed by atoms with E-state index in [-0.39, 0.29) is 27.3 Å². The zero-order valence-electron chi connectivity index (χ0n) is 2.70. The zero-order valence-corrected chi connectivity index (χ0v) is 7.48. The molecule has 0 saturated heterocycles. The molecule has 0 fully saturated rings. The molecule has 0 unspecified atom stereocenters. The molecule has 0 saturated carbocycles. The molecule has 6 heavy (non-hydrogen) atoms. The van der Waals surface area contributed by atoms with Gasteiger partial charge in [-0.1, -0.05) is 0 Å². The van der Waals surface area contributed by atoms with Crippen LogP contribution in [0, 0.1) is 0 Å². The van der Waals surface area contributed by atoms with Gasteiger partial charge in [0, 0.05) is 27.3 Å². The Kier molecular flexibility index (Phi) is 5.20. The van der Waals surface area contributed by atoms with Gasteiger partial charge in [-0.3, -0.25) is 0 Å². The molecule has 4 nitrogen and oxygen atoms in total. The van der Waals surface area contributed by atoms with E-state index < -0.39 is 7.82 Å². The van der Waals surface area contributed by atoms with Crippen LogP contribution < -0.4 is 0 Å². The molecular formula is H3O4PPb. The standard InChI is InChI=1S/H3O4P.Pb/c1-5(2,3)4;/h(H3,1,2,3,4);. The van der Waals surface area contributed by atoms with Crippen LogP contribution >= 0.6 is 7.82 Å². The van der Waals surface area contributed by atoms with Crippen molar-refractivity contribution >= 4 is 35.1 Å². The monoisotopic (exact) mass is 306 g/mol. The summed E-state index contributed by atoms with van der Waals surface area (Å²) in [6, 6.07) is 0. The second-order valence-corrected chi connectivity index (χ2v) is 1.54. The topological polar surface area (TPSA) is 77.8 Å². The predicted octanol–water partition coefficient (Wildman–Crippen LogP) is -1.31. The average molecular weight is 305 g/mol. The summed E-state index contributed by atoms with van der Waals surface area (Å²) in [4.78, 5) is 21.6.